The molecule has 0 spiro atoms. The van der Waals surface area contributed by atoms with Gasteiger partial charge in [-0.05, 0) is 69.4 Å². The van der Waals surface area contributed by atoms with Gasteiger partial charge in [0.2, 0.25) is 5.91 Å². The number of rotatable bonds is 5. The summed E-state index contributed by atoms with van der Waals surface area (Å²) in [5.74, 6) is 1.04. The first kappa shape index (κ1) is 28.5. The zero-order valence-electron chi connectivity index (χ0n) is 20.8. The van der Waals surface area contributed by atoms with E-state index in [4.69, 9.17) is 24.5 Å². The Balaban J connectivity index is 0.000000655. The zero-order valence-corrected chi connectivity index (χ0v) is 20.8. The van der Waals surface area contributed by atoms with Crippen LogP contribution in [0.1, 0.15) is 31.2 Å². The van der Waals surface area contributed by atoms with Crippen LogP contribution in [0.15, 0.2) is 18.2 Å². The number of piperidine rings is 3. The molecule has 0 radical (unpaired) electrons. The SMILES string of the molecule is COc1ccc(CC(=O)N2C[C@H]3C[C@@H](C2)[C@H](CN(C)C)N2CCCC[C@@H]32)cc1F.O=CO.O=CO. The number of hydrogen-bond acceptors (Lipinski definition) is 6. The van der Waals surface area contributed by atoms with E-state index in [2.05, 4.69) is 28.8 Å². The highest BCUT2D eigenvalue weighted by Crippen LogP contribution is 2.41. The predicted molar refractivity (Wildman–Crippen MR) is 129 cm³/mol. The molecule has 0 saturated carbocycles. The number of fused-ring (bicyclic) bond motifs is 4. The fourth-order valence-electron chi connectivity index (χ4n) is 5.84. The first-order valence-electron chi connectivity index (χ1n) is 12.0. The first-order valence-corrected chi connectivity index (χ1v) is 12.0. The number of benzene rings is 1. The van der Waals surface area contributed by atoms with Crippen molar-refractivity contribution in [3.63, 3.8) is 0 Å². The van der Waals surface area contributed by atoms with Gasteiger partial charge in [0.15, 0.2) is 11.6 Å². The fourth-order valence-corrected chi connectivity index (χ4v) is 5.84. The third-order valence-corrected chi connectivity index (χ3v) is 7.10. The standard InChI is InChI=1S/C23H34FN3O2.2CH2O2/c1-25(2)15-21-18-12-17(20-6-4-5-9-27(20)21)13-26(14-18)23(28)11-16-7-8-22(29-3)19(24)10-16;2*2-1-3/h7-8,10,17-18,20-21H,4-6,9,11-15H2,1-3H3;2*1H,(H,2,3)/t17-,18+,20+,21+;;/m1../s1. The van der Waals surface area contributed by atoms with Gasteiger partial charge in [0.05, 0.1) is 13.5 Å². The third-order valence-electron chi connectivity index (χ3n) is 7.10. The molecule has 2 N–H and O–H groups in total. The maximum Gasteiger partial charge on any atom is 0.290 e. The number of halogens is 1. The van der Waals surface area contributed by atoms with E-state index in [9.17, 15) is 9.18 Å². The van der Waals surface area contributed by atoms with Crippen LogP contribution in [0.4, 0.5) is 4.39 Å². The molecule has 3 aliphatic heterocycles. The van der Waals surface area contributed by atoms with Crippen LogP contribution in [0.25, 0.3) is 0 Å². The van der Waals surface area contributed by atoms with Crippen LogP contribution in [0.5, 0.6) is 5.75 Å². The summed E-state index contributed by atoms with van der Waals surface area (Å²) < 4.78 is 19.0. The van der Waals surface area contributed by atoms with Crippen molar-refractivity contribution in [1.29, 1.82) is 0 Å². The molecule has 35 heavy (non-hydrogen) atoms. The molecule has 1 amide bonds. The second kappa shape index (κ2) is 14.0. The van der Waals surface area contributed by atoms with Crippen molar-refractivity contribution in [1.82, 2.24) is 14.7 Å². The van der Waals surface area contributed by atoms with E-state index in [-0.39, 0.29) is 31.0 Å². The molecular weight excluding hydrogens is 457 g/mol. The van der Waals surface area contributed by atoms with E-state index in [1.54, 1.807) is 12.1 Å². The van der Waals surface area contributed by atoms with Crippen molar-refractivity contribution in [2.45, 2.75) is 44.2 Å². The van der Waals surface area contributed by atoms with Gasteiger partial charge in [0.1, 0.15) is 0 Å². The van der Waals surface area contributed by atoms with E-state index >= 15 is 0 Å². The Labute approximate surface area is 206 Å². The molecule has 1 aromatic rings. The van der Waals surface area contributed by atoms with Crippen molar-refractivity contribution >= 4 is 18.9 Å². The summed E-state index contributed by atoms with van der Waals surface area (Å²) in [6.45, 7) is 3.44. The smallest absolute Gasteiger partial charge is 0.290 e. The molecule has 3 fully saturated rings. The molecule has 0 unspecified atom stereocenters. The number of ether oxygens (including phenoxy) is 1. The van der Waals surface area contributed by atoms with Gasteiger partial charge in [-0.15, -0.1) is 0 Å². The Bertz CT molecular complexity index is 833. The van der Waals surface area contributed by atoms with Gasteiger partial charge in [-0.3, -0.25) is 19.3 Å². The van der Waals surface area contributed by atoms with Gasteiger partial charge in [0, 0.05) is 31.7 Å². The number of hydrogen-bond donors (Lipinski definition) is 2. The minimum Gasteiger partial charge on any atom is -0.494 e. The lowest BCUT2D eigenvalue weighted by Crippen LogP contribution is -2.66. The molecule has 196 valence electrons. The minimum absolute atomic E-state index is 0.122. The van der Waals surface area contributed by atoms with Crippen molar-refractivity contribution < 1.29 is 33.7 Å². The molecule has 4 rings (SSSR count). The van der Waals surface area contributed by atoms with Gasteiger partial charge in [-0.1, -0.05) is 12.5 Å². The maximum atomic E-state index is 14.0. The quantitative estimate of drug-likeness (QED) is 0.597. The monoisotopic (exact) mass is 495 g/mol. The highest BCUT2D eigenvalue weighted by molar-refractivity contribution is 5.79. The number of carbonyl (C=O) groups is 3. The number of likely N-dealkylation sites (tertiary alicyclic amines) is 1. The lowest BCUT2D eigenvalue weighted by molar-refractivity contribution is -0.140. The largest absolute Gasteiger partial charge is 0.494 e. The molecule has 3 saturated heterocycles. The lowest BCUT2D eigenvalue weighted by atomic mass is 9.72. The molecule has 2 bridgehead atoms. The highest BCUT2D eigenvalue weighted by Gasteiger charge is 2.47. The Morgan fingerprint density at radius 1 is 1.17 bits per heavy atom. The van der Waals surface area contributed by atoms with Gasteiger partial charge >= 0.3 is 0 Å². The van der Waals surface area contributed by atoms with Gasteiger partial charge in [-0.2, -0.15) is 0 Å². The first-order chi connectivity index (χ1) is 16.8. The van der Waals surface area contributed by atoms with Crippen LogP contribution in [-0.2, 0) is 20.8 Å². The molecule has 10 heteroatoms. The summed E-state index contributed by atoms with van der Waals surface area (Å²) in [4.78, 5) is 36.9. The highest BCUT2D eigenvalue weighted by atomic mass is 19.1. The summed E-state index contributed by atoms with van der Waals surface area (Å²) >= 11 is 0. The van der Waals surface area contributed by atoms with Crippen molar-refractivity contribution in [2.75, 3.05) is 47.4 Å². The van der Waals surface area contributed by atoms with E-state index < -0.39 is 5.82 Å². The van der Waals surface area contributed by atoms with Gasteiger partial charge < -0.3 is 24.7 Å². The number of amides is 1. The topological polar surface area (TPSA) is 111 Å². The lowest BCUT2D eigenvalue weighted by Gasteiger charge is -2.57. The summed E-state index contributed by atoms with van der Waals surface area (Å²) in [5.41, 5.74) is 0.716. The van der Waals surface area contributed by atoms with Crippen LogP contribution < -0.4 is 4.74 Å². The van der Waals surface area contributed by atoms with E-state index in [0.717, 1.165) is 19.6 Å². The molecular formula is C25H38FN3O6. The Morgan fingerprint density at radius 3 is 2.43 bits per heavy atom. The normalized spacial score (nSPS) is 25.2. The third kappa shape index (κ3) is 7.63. The number of carbonyl (C=O) groups excluding carboxylic acids is 1. The number of methoxy groups -OCH3 is 1. The van der Waals surface area contributed by atoms with Crippen molar-refractivity contribution in [2.24, 2.45) is 11.8 Å². The number of nitrogens with zero attached hydrogens (tertiary/aromatic N) is 3. The van der Waals surface area contributed by atoms with Crippen LogP contribution in [0, 0.1) is 17.7 Å². The second-order valence-electron chi connectivity index (χ2n) is 9.54. The molecule has 0 aromatic heterocycles. The Kier molecular flexibility index (Phi) is 11.4. The Hall–Kier alpha value is -2.72. The predicted octanol–water partition coefficient (Wildman–Crippen LogP) is 2.04. The average Bonchev–Trinajstić information content (AvgIpc) is 2.83. The molecule has 4 atom stereocenters. The van der Waals surface area contributed by atoms with Crippen LogP contribution in [0.3, 0.4) is 0 Å². The molecule has 0 aliphatic carbocycles. The van der Waals surface area contributed by atoms with Crippen LogP contribution in [-0.4, -0.2) is 103 Å². The van der Waals surface area contributed by atoms with E-state index in [1.807, 2.05) is 0 Å². The molecule has 3 aliphatic rings. The summed E-state index contributed by atoms with van der Waals surface area (Å²) in [6, 6.07) is 5.97. The van der Waals surface area contributed by atoms with Crippen LogP contribution >= 0.6 is 0 Å². The average molecular weight is 496 g/mol. The molecule has 3 heterocycles. The van der Waals surface area contributed by atoms with Crippen molar-refractivity contribution in [3.05, 3.63) is 29.6 Å². The summed E-state index contributed by atoms with van der Waals surface area (Å²) in [7, 11) is 5.75. The summed E-state index contributed by atoms with van der Waals surface area (Å²) in [6.07, 6.45) is 5.35. The van der Waals surface area contributed by atoms with Crippen molar-refractivity contribution in [3.8, 4) is 5.75 Å². The van der Waals surface area contributed by atoms with E-state index in [1.165, 1.54) is 45.4 Å². The van der Waals surface area contributed by atoms with Crippen LogP contribution in [0.2, 0.25) is 0 Å². The number of carboxylic acid groups (broad SMARTS) is 2. The second-order valence-corrected chi connectivity index (χ2v) is 9.54. The maximum absolute atomic E-state index is 14.0. The molecule has 1 aromatic carbocycles. The van der Waals surface area contributed by atoms with E-state index in [0.29, 0.717) is 29.5 Å². The summed E-state index contributed by atoms with van der Waals surface area (Å²) in [5, 5.41) is 13.8. The molecule has 9 nitrogen and oxygen atoms in total. The van der Waals surface area contributed by atoms with Gasteiger partial charge in [0.25, 0.3) is 12.9 Å². The number of likely N-dealkylation sites (N-methyl/N-ethyl adjacent to an activating group) is 1. The zero-order chi connectivity index (χ0) is 26.0. The Morgan fingerprint density at radius 2 is 1.83 bits per heavy atom. The minimum atomic E-state index is -0.405. The van der Waals surface area contributed by atoms with Gasteiger partial charge in [-0.25, -0.2) is 4.39 Å². The fraction of sp³-hybridized carbons (Fsp3) is 0.640.